The highest BCUT2D eigenvalue weighted by Crippen LogP contribution is 2.58. The average molecular weight is 227 g/mol. The van der Waals surface area contributed by atoms with Crippen molar-refractivity contribution in [3.05, 3.63) is 6.17 Å². The third-order valence-corrected chi connectivity index (χ3v) is 1.91. The summed E-state index contributed by atoms with van der Waals surface area (Å²) in [6.45, 7) is 0. The first-order valence-corrected chi connectivity index (χ1v) is 3.34. The normalized spacial score (nSPS) is 35.6. The number of halogens is 8. The standard InChI is InChI=1S/C6H3F8/c7-2-1-3(8)5(11,12)6(13,14)4(2,9)10/h2H,1H2. The van der Waals surface area contributed by atoms with Crippen molar-refractivity contribution in [1.82, 2.24) is 0 Å². The first-order valence-electron chi connectivity index (χ1n) is 3.34. The maximum absolute atomic E-state index is 12.3. The Morgan fingerprint density at radius 1 is 1.00 bits per heavy atom. The van der Waals surface area contributed by atoms with Gasteiger partial charge in [-0.05, 0) is 0 Å². The average Bonchev–Trinajstić information content (AvgIpc) is 2.01. The van der Waals surface area contributed by atoms with Gasteiger partial charge in [0.15, 0.2) is 6.17 Å². The van der Waals surface area contributed by atoms with Crippen LogP contribution in [0.5, 0.6) is 0 Å². The Kier molecular flexibility index (Phi) is 2.24. The van der Waals surface area contributed by atoms with Crippen LogP contribution in [0.4, 0.5) is 35.1 Å². The van der Waals surface area contributed by atoms with E-state index >= 15 is 0 Å². The van der Waals surface area contributed by atoms with Crippen molar-refractivity contribution in [1.29, 1.82) is 0 Å². The molecule has 1 radical (unpaired) electrons. The van der Waals surface area contributed by atoms with Gasteiger partial charge in [0.2, 0.25) is 6.17 Å². The lowest BCUT2D eigenvalue weighted by Gasteiger charge is -2.39. The smallest absolute Gasteiger partial charge is 0.240 e. The van der Waals surface area contributed by atoms with Gasteiger partial charge < -0.3 is 0 Å². The number of rotatable bonds is 0. The van der Waals surface area contributed by atoms with Crippen LogP contribution in [0.15, 0.2) is 0 Å². The Hall–Kier alpha value is -0.560. The molecular formula is C6H3F8. The van der Waals surface area contributed by atoms with Crippen molar-refractivity contribution >= 4 is 0 Å². The lowest BCUT2D eigenvalue weighted by Crippen LogP contribution is -2.64. The largest absolute Gasteiger partial charge is 0.378 e. The Morgan fingerprint density at radius 3 is 1.86 bits per heavy atom. The Balaban J connectivity index is 3.17. The summed E-state index contributed by atoms with van der Waals surface area (Å²) in [4.78, 5) is 0. The molecule has 0 aromatic carbocycles. The molecule has 1 fully saturated rings. The maximum atomic E-state index is 12.3. The molecule has 0 spiro atoms. The van der Waals surface area contributed by atoms with Gasteiger partial charge in [-0.2, -0.15) is 26.3 Å². The highest BCUT2D eigenvalue weighted by atomic mass is 19.4. The van der Waals surface area contributed by atoms with Crippen LogP contribution >= 0.6 is 0 Å². The molecule has 1 unspecified atom stereocenters. The number of alkyl halides is 7. The molecule has 0 amide bonds. The van der Waals surface area contributed by atoms with E-state index in [1.54, 1.807) is 0 Å². The minimum absolute atomic E-state index is 2.02. The third kappa shape index (κ3) is 1.12. The molecule has 0 nitrogen and oxygen atoms in total. The predicted molar refractivity (Wildman–Crippen MR) is 28.7 cm³/mol. The van der Waals surface area contributed by atoms with Gasteiger partial charge >= 0.3 is 17.8 Å². The predicted octanol–water partition coefficient (Wildman–Crippen LogP) is 3.14. The van der Waals surface area contributed by atoms with Crippen LogP contribution in [0.3, 0.4) is 0 Å². The quantitative estimate of drug-likeness (QED) is 0.557. The first-order chi connectivity index (χ1) is 6.05. The molecule has 0 aromatic heterocycles. The van der Waals surface area contributed by atoms with Crippen molar-refractivity contribution < 1.29 is 35.1 Å². The summed E-state index contributed by atoms with van der Waals surface area (Å²) in [5, 5.41) is 0. The molecule has 0 N–H and O–H groups in total. The van der Waals surface area contributed by atoms with Gasteiger partial charge in [-0.1, -0.05) is 0 Å². The first kappa shape index (κ1) is 11.5. The van der Waals surface area contributed by atoms with Gasteiger partial charge in [0.1, 0.15) is 0 Å². The van der Waals surface area contributed by atoms with Gasteiger partial charge in [0.05, 0.1) is 0 Å². The topological polar surface area (TPSA) is 0 Å². The van der Waals surface area contributed by atoms with Crippen molar-refractivity contribution in [2.75, 3.05) is 0 Å². The molecule has 14 heavy (non-hydrogen) atoms. The van der Waals surface area contributed by atoms with E-state index in [2.05, 4.69) is 0 Å². The highest BCUT2D eigenvalue weighted by Gasteiger charge is 2.81. The second kappa shape index (κ2) is 2.73. The molecule has 1 saturated carbocycles. The summed E-state index contributed by atoms with van der Waals surface area (Å²) >= 11 is 0. The third-order valence-electron chi connectivity index (χ3n) is 1.91. The highest BCUT2D eigenvalue weighted by molar-refractivity contribution is 5.16. The molecule has 1 rings (SSSR count). The molecule has 1 atom stereocenters. The number of hydrogen-bond donors (Lipinski definition) is 0. The molecule has 0 heterocycles. The van der Waals surface area contributed by atoms with E-state index < -0.39 is 36.5 Å². The zero-order valence-electron chi connectivity index (χ0n) is 6.31. The van der Waals surface area contributed by atoms with Crippen molar-refractivity contribution in [2.45, 2.75) is 30.4 Å². The molecule has 0 saturated heterocycles. The van der Waals surface area contributed by atoms with Crippen molar-refractivity contribution in [3.63, 3.8) is 0 Å². The van der Waals surface area contributed by atoms with Crippen molar-refractivity contribution in [3.8, 4) is 0 Å². The van der Waals surface area contributed by atoms with Crippen LogP contribution in [0, 0.1) is 6.17 Å². The molecule has 1 aliphatic carbocycles. The summed E-state index contributed by atoms with van der Waals surface area (Å²) in [5.41, 5.74) is 0. The number of hydrogen-bond acceptors (Lipinski definition) is 0. The molecule has 0 aromatic rings. The van der Waals surface area contributed by atoms with Crippen molar-refractivity contribution in [2.24, 2.45) is 0 Å². The van der Waals surface area contributed by atoms with E-state index in [-0.39, 0.29) is 0 Å². The zero-order valence-corrected chi connectivity index (χ0v) is 6.31. The van der Waals surface area contributed by atoms with E-state index in [9.17, 15) is 35.1 Å². The molecule has 1 aliphatic rings. The summed E-state index contributed by atoms with van der Waals surface area (Å²) in [7, 11) is 0. The lowest BCUT2D eigenvalue weighted by atomic mass is 9.86. The van der Waals surface area contributed by atoms with Crippen LogP contribution in [-0.2, 0) is 0 Å². The SMILES string of the molecule is F[C]1CC(F)C(F)(F)C(F)(F)C1(F)F. The molecule has 83 valence electrons. The van der Waals surface area contributed by atoms with Gasteiger partial charge in [-0.3, -0.25) is 0 Å². The lowest BCUT2D eigenvalue weighted by molar-refractivity contribution is -0.344. The maximum Gasteiger partial charge on any atom is 0.378 e. The van der Waals surface area contributed by atoms with E-state index in [1.807, 2.05) is 0 Å². The fraction of sp³-hybridized carbons (Fsp3) is 0.833. The monoisotopic (exact) mass is 227 g/mol. The molecule has 8 heteroatoms. The minimum Gasteiger partial charge on any atom is -0.240 e. The summed E-state index contributed by atoms with van der Waals surface area (Å²) in [6, 6.07) is 0. The minimum atomic E-state index is -6.04. The van der Waals surface area contributed by atoms with Crippen LogP contribution in [0.2, 0.25) is 0 Å². The second-order valence-corrected chi connectivity index (χ2v) is 2.85. The summed E-state index contributed by atoms with van der Waals surface area (Å²) in [6.07, 6.45) is -8.42. The molecule has 0 bridgehead atoms. The van der Waals surface area contributed by atoms with Gasteiger partial charge in [0, 0.05) is 6.42 Å². The second-order valence-electron chi connectivity index (χ2n) is 2.85. The van der Waals surface area contributed by atoms with E-state index in [0.717, 1.165) is 0 Å². The van der Waals surface area contributed by atoms with E-state index in [0.29, 0.717) is 0 Å². The van der Waals surface area contributed by atoms with Gasteiger partial charge in [-0.25, -0.2) is 8.78 Å². The Bertz CT molecular complexity index is 212. The fourth-order valence-electron chi connectivity index (χ4n) is 0.990. The summed E-state index contributed by atoms with van der Waals surface area (Å²) < 4.78 is 97.9. The molecule has 0 aliphatic heterocycles. The summed E-state index contributed by atoms with van der Waals surface area (Å²) in [5.74, 6) is -17.2. The van der Waals surface area contributed by atoms with Gasteiger partial charge in [0.25, 0.3) is 0 Å². The van der Waals surface area contributed by atoms with Crippen LogP contribution in [-0.4, -0.2) is 23.9 Å². The van der Waals surface area contributed by atoms with E-state index in [1.165, 1.54) is 0 Å². The fourth-order valence-corrected chi connectivity index (χ4v) is 0.990. The van der Waals surface area contributed by atoms with Crippen LogP contribution in [0.25, 0.3) is 0 Å². The molecular weight excluding hydrogens is 224 g/mol. The Morgan fingerprint density at radius 2 is 1.43 bits per heavy atom. The van der Waals surface area contributed by atoms with Crippen LogP contribution < -0.4 is 0 Å². The van der Waals surface area contributed by atoms with Gasteiger partial charge in [-0.15, -0.1) is 0 Å². The van der Waals surface area contributed by atoms with Crippen LogP contribution in [0.1, 0.15) is 6.42 Å². The van der Waals surface area contributed by atoms with E-state index in [4.69, 9.17) is 0 Å². The Labute approximate surface area is 72.9 Å². The zero-order chi connectivity index (χ0) is 11.4.